The van der Waals surface area contributed by atoms with Crippen molar-refractivity contribution in [3.05, 3.63) is 29.8 Å². The minimum absolute atomic E-state index is 0.0760. The average molecular weight is 361 g/mol. The normalized spacial score (nSPS) is 23.1. The van der Waals surface area contributed by atoms with Gasteiger partial charge in [-0.05, 0) is 32.4 Å². The third-order valence-electron chi connectivity index (χ3n) is 5.14. The zero-order valence-electron chi connectivity index (χ0n) is 16.3. The number of rotatable bonds is 5. The predicted octanol–water partition coefficient (Wildman–Crippen LogP) is 1.74. The van der Waals surface area contributed by atoms with E-state index >= 15 is 0 Å². The van der Waals surface area contributed by atoms with Crippen LogP contribution in [0.3, 0.4) is 0 Å². The van der Waals surface area contributed by atoms with Crippen LogP contribution in [0.1, 0.15) is 18.9 Å². The fourth-order valence-electron chi connectivity index (χ4n) is 3.63. The van der Waals surface area contributed by atoms with Gasteiger partial charge < -0.3 is 19.7 Å². The molecular formula is C20H32N4O2. The molecule has 6 heteroatoms. The largest absolute Gasteiger partial charge is 0.489 e. The number of aryl methyl sites for hydroxylation is 1. The highest BCUT2D eigenvalue weighted by atomic mass is 16.5. The summed E-state index contributed by atoms with van der Waals surface area (Å²) in [7, 11) is 1.86. The fourth-order valence-corrected chi connectivity index (χ4v) is 3.63. The molecule has 0 spiro atoms. The Bertz CT molecular complexity index is 584. The molecule has 2 unspecified atom stereocenters. The van der Waals surface area contributed by atoms with Crippen LogP contribution < -0.4 is 10.1 Å². The van der Waals surface area contributed by atoms with Crippen molar-refractivity contribution < 1.29 is 9.47 Å². The monoisotopic (exact) mass is 360 g/mol. The van der Waals surface area contributed by atoms with Crippen LogP contribution in [0.15, 0.2) is 29.3 Å². The lowest BCUT2D eigenvalue weighted by molar-refractivity contribution is 0.0194. The standard InChI is InChI=1S/C20H32N4O2/c1-16-4-6-19(7-5-16)26-17(2)14-22-20(21-3)24-9-8-18(15-24)23-10-12-25-13-11-23/h4-7,17-18H,8-15H2,1-3H3,(H,21,22). The Morgan fingerprint density at radius 2 is 2.00 bits per heavy atom. The summed E-state index contributed by atoms with van der Waals surface area (Å²) >= 11 is 0. The predicted molar refractivity (Wildman–Crippen MR) is 105 cm³/mol. The van der Waals surface area contributed by atoms with Crippen molar-refractivity contribution in [1.29, 1.82) is 0 Å². The maximum absolute atomic E-state index is 5.99. The maximum Gasteiger partial charge on any atom is 0.193 e. The number of nitrogens with zero attached hydrogens (tertiary/aromatic N) is 3. The highest BCUT2D eigenvalue weighted by Crippen LogP contribution is 2.17. The van der Waals surface area contributed by atoms with Crippen molar-refractivity contribution in [1.82, 2.24) is 15.1 Å². The molecule has 26 heavy (non-hydrogen) atoms. The summed E-state index contributed by atoms with van der Waals surface area (Å²) in [5.41, 5.74) is 1.24. The Morgan fingerprint density at radius 1 is 1.27 bits per heavy atom. The van der Waals surface area contributed by atoms with Crippen LogP contribution >= 0.6 is 0 Å². The summed E-state index contributed by atoms with van der Waals surface area (Å²) in [6.07, 6.45) is 1.27. The van der Waals surface area contributed by atoms with E-state index in [1.807, 2.05) is 19.2 Å². The first-order valence-electron chi connectivity index (χ1n) is 9.66. The molecule has 2 heterocycles. The van der Waals surface area contributed by atoms with Crippen LogP contribution in [-0.4, -0.2) is 80.9 Å². The molecule has 1 N–H and O–H groups in total. The smallest absolute Gasteiger partial charge is 0.193 e. The van der Waals surface area contributed by atoms with E-state index in [2.05, 4.69) is 46.1 Å². The van der Waals surface area contributed by atoms with E-state index in [-0.39, 0.29) is 6.10 Å². The molecule has 1 aromatic rings. The number of hydrogen-bond acceptors (Lipinski definition) is 4. The SMILES string of the molecule is CN=C(NCC(C)Oc1ccc(C)cc1)N1CCC(N2CCOCC2)C1. The minimum atomic E-state index is 0.0760. The first-order chi connectivity index (χ1) is 12.7. The van der Waals surface area contributed by atoms with Crippen LogP contribution in [-0.2, 0) is 4.74 Å². The van der Waals surface area contributed by atoms with Crippen molar-refractivity contribution in [3.63, 3.8) is 0 Å². The third-order valence-corrected chi connectivity index (χ3v) is 5.14. The van der Waals surface area contributed by atoms with Gasteiger partial charge in [0.05, 0.1) is 19.8 Å². The van der Waals surface area contributed by atoms with Crippen molar-refractivity contribution >= 4 is 5.96 Å². The third kappa shape index (κ3) is 5.11. The van der Waals surface area contributed by atoms with E-state index < -0.39 is 0 Å². The molecule has 2 aliphatic heterocycles. The molecule has 0 aliphatic carbocycles. The molecule has 2 fully saturated rings. The number of guanidine groups is 1. The van der Waals surface area contributed by atoms with E-state index in [9.17, 15) is 0 Å². The van der Waals surface area contributed by atoms with E-state index in [4.69, 9.17) is 9.47 Å². The number of likely N-dealkylation sites (tertiary alicyclic amines) is 1. The Labute approximate surface area is 157 Å². The fraction of sp³-hybridized carbons (Fsp3) is 0.650. The van der Waals surface area contributed by atoms with Gasteiger partial charge in [0.15, 0.2) is 5.96 Å². The molecule has 0 saturated carbocycles. The summed E-state index contributed by atoms with van der Waals surface area (Å²) in [5, 5.41) is 3.47. The van der Waals surface area contributed by atoms with Gasteiger partial charge >= 0.3 is 0 Å². The average Bonchev–Trinajstić information content (AvgIpc) is 3.15. The first-order valence-corrected chi connectivity index (χ1v) is 9.66. The molecular weight excluding hydrogens is 328 g/mol. The molecule has 0 bridgehead atoms. The van der Waals surface area contributed by atoms with Gasteiger partial charge in [-0.1, -0.05) is 17.7 Å². The van der Waals surface area contributed by atoms with Crippen molar-refractivity contribution in [2.75, 3.05) is 53.0 Å². The van der Waals surface area contributed by atoms with Crippen LogP contribution in [0, 0.1) is 6.92 Å². The molecule has 3 rings (SSSR count). The van der Waals surface area contributed by atoms with E-state index in [1.165, 1.54) is 12.0 Å². The number of aliphatic imine (C=N–C) groups is 1. The van der Waals surface area contributed by atoms with Crippen molar-refractivity contribution in [2.45, 2.75) is 32.4 Å². The van der Waals surface area contributed by atoms with E-state index in [0.29, 0.717) is 6.04 Å². The minimum Gasteiger partial charge on any atom is -0.489 e. The molecule has 1 aromatic carbocycles. The van der Waals surface area contributed by atoms with E-state index in [0.717, 1.165) is 57.6 Å². The quantitative estimate of drug-likeness (QED) is 0.640. The molecule has 2 saturated heterocycles. The number of ether oxygens (including phenoxy) is 2. The Morgan fingerprint density at radius 3 is 2.69 bits per heavy atom. The van der Waals surface area contributed by atoms with Gasteiger partial charge in [-0.25, -0.2) is 0 Å². The van der Waals surface area contributed by atoms with Gasteiger partial charge in [0, 0.05) is 39.3 Å². The number of nitrogens with one attached hydrogen (secondary N) is 1. The molecule has 144 valence electrons. The van der Waals surface area contributed by atoms with Gasteiger partial charge in [0.1, 0.15) is 11.9 Å². The summed E-state index contributed by atoms with van der Waals surface area (Å²) in [4.78, 5) is 9.39. The highest BCUT2D eigenvalue weighted by molar-refractivity contribution is 5.80. The summed E-state index contributed by atoms with van der Waals surface area (Å²) in [6.45, 7) is 10.8. The lowest BCUT2D eigenvalue weighted by Gasteiger charge is -2.32. The summed E-state index contributed by atoms with van der Waals surface area (Å²) in [6, 6.07) is 8.80. The first kappa shape index (κ1) is 19.0. The zero-order chi connectivity index (χ0) is 18.4. The summed E-state index contributed by atoms with van der Waals surface area (Å²) < 4.78 is 11.5. The van der Waals surface area contributed by atoms with Gasteiger partial charge in [-0.2, -0.15) is 0 Å². The van der Waals surface area contributed by atoms with Crippen LogP contribution in [0.2, 0.25) is 0 Å². The Balaban J connectivity index is 1.45. The number of morpholine rings is 1. The molecule has 0 aromatic heterocycles. The second-order valence-corrected chi connectivity index (χ2v) is 7.21. The van der Waals surface area contributed by atoms with Gasteiger partial charge in [-0.15, -0.1) is 0 Å². The topological polar surface area (TPSA) is 49.3 Å². The lowest BCUT2D eigenvalue weighted by Crippen LogP contribution is -2.47. The maximum atomic E-state index is 5.99. The van der Waals surface area contributed by atoms with Crippen LogP contribution in [0.25, 0.3) is 0 Å². The lowest BCUT2D eigenvalue weighted by atomic mass is 10.2. The van der Waals surface area contributed by atoms with Crippen molar-refractivity contribution in [2.24, 2.45) is 4.99 Å². The van der Waals surface area contributed by atoms with E-state index in [1.54, 1.807) is 0 Å². The van der Waals surface area contributed by atoms with Gasteiger partial charge in [0.25, 0.3) is 0 Å². The molecule has 2 aliphatic rings. The summed E-state index contributed by atoms with van der Waals surface area (Å²) in [5.74, 6) is 1.88. The Kier molecular flexibility index (Phi) is 6.74. The van der Waals surface area contributed by atoms with Crippen LogP contribution in [0.4, 0.5) is 0 Å². The molecule has 0 amide bonds. The Hall–Kier alpha value is -1.79. The zero-order valence-corrected chi connectivity index (χ0v) is 16.3. The van der Waals surface area contributed by atoms with Crippen molar-refractivity contribution in [3.8, 4) is 5.75 Å². The van der Waals surface area contributed by atoms with Crippen LogP contribution in [0.5, 0.6) is 5.75 Å². The molecule has 6 nitrogen and oxygen atoms in total. The second kappa shape index (κ2) is 9.24. The highest BCUT2D eigenvalue weighted by Gasteiger charge is 2.30. The second-order valence-electron chi connectivity index (χ2n) is 7.21. The molecule has 0 radical (unpaired) electrons. The number of benzene rings is 1. The number of hydrogen-bond donors (Lipinski definition) is 1. The van der Waals surface area contributed by atoms with Gasteiger partial charge in [0.2, 0.25) is 0 Å². The molecule has 2 atom stereocenters. The van der Waals surface area contributed by atoms with Gasteiger partial charge in [-0.3, -0.25) is 9.89 Å².